The number of carbonyl (C=O) groups excluding carboxylic acids is 1. The smallest absolute Gasteiger partial charge is 0.338 e. The fraction of sp³-hybridized carbons (Fsp3) is 0.192. The van der Waals surface area contributed by atoms with E-state index in [4.69, 9.17) is 0 Å². The van der Waals surface area contributed by atoms with Crippen LogP contribution in [-0.4, -0.2) is 17.9 Å². The molecule has 0 unspecified atom stereocenters. The number of hydrogen-bond acceptors (Lipinski definition) is 1. The number of benzene rings is 3. The third-order valence-corrected chi connectivity index (χ3v) is 5.23. The van der Waals surface area contributed by atoms with Crippen LogP contribution in [0, 0.1) is 0 Å². The van der Waals surface area contributed by atoms with Gasteiger partial charge in [0.05, 0.1) is 11.1 Å². The van der Waals surface area contributed by atoms with E-state index in [1.54, 1.807) is 31.2 Å². The maximum Gasteiger partial charge on any atom is 0.416 e. The standard InChI is InChI=1S/C26H21F6NO/c1-17(23(19-9-5-3-6-10-19)20-11-7-4-8-12-20)24(34)33(2)16-18-13-21(25(27,28)29)15-22(14-18)26(30,31)32/h3-15H,16H2,1-2H3. The van der Waals surface area contributed by atoms with Gasteiger partial charge in [0, 0.05) is 19.2 Å². The van der Waals surface area contributed by atoms with Crippen molar-refractivity contribution < 1.29 is 31.1 Å². The summed E-state index contributed by atoms with van der Waals surface area (Å²) in [6.45, 7) is 1.15. The molecule has 0 atom stereocenters. The van der Waals surface area contributed by atoms with E-state index in [1.807, 2.05) is 36.4 Å². The van der Waals surface area contributed by atoms with Gasteiger partial charge in [-0.15, -0.1) is 0 Å². The molecule has 0 aliphatic rings. The minimum absolute atomic E-state index is 0.0688. The Balaban J connectivity index is 2.01. The van der Waals surface area contributed by atoms with E-state index in [0.717, 1.165) is 16.0 Å². The van der Waals surface area contributed by atoms with E-state index in [-0.39, 0.29) is 11.6 Å². The highest BCUT2D eigenvalue weighted by Crippen LogP contribution is 2.36. The second-order valence-electron chi connectivity index (χ2n) is 7.81. The molecule has 0 heterocycles. The van der Waals surface area contributed by atoms with E-state index in [2.05, 4.69) is 0 Å². The first kappa shape index (κ1) is 25.1. The van der Waals surface area contributed by atoms with Gasteiger partial charge in [-0.1, -0.05) is 60.7 Å². The molecule has 0 aliphatic carbocycles. The van der Waals surface area contributed by atoms with E-state index in [1.165, 1.54) is 7.05 Å². The second-order valence-corrected chi connectivity index (χ2v) is 7.81. The van der Waals surface area contributed by atoms with Crippen molar-refractivity contribution in [2.75, 3.05) is 7.05 Å². The third-order valence-electron chi connectivity index (χ3n) is 5.23. The first-order valence-electron chi connectivity index (χ1n) is 10.2. The van der Waals surface area contributed by atoms with Crippen molar-refractivity contribution >= 4 is 11.5 Å². The molecule has 0 saturated heterocycles. The van der Waals surface area contributed by atoms with Gasteiger partial charge in [-0.3, -0.25) is 4.79 Å². The Morgan fingerprint density at radius 1 is 0.735 bits per heavy atom. The molecule has 34 heavy (non-hydrogen) atoms. The maximum absolute atomic E-state index is 13.2. The molecule has 0 bridgehead atoms. The molecule has 0 saturated carbocycles. The van der Waals surface area contributed by atoms with Gasteiger partial charge in [0.15, 0.2) is 0 Å². The van der Waals surface area contributed by atoms with Crippen molar-refractivity contribution in [1.82, 2.24) is 4.90 Å². The maximum atomic E-state index is 13.2. The molecule has 0 N–H and O–H groups in total. The first-order chi connectivity index (χ1) is 15.9. The molecule has 1 amide bonds. The molecule has 178 valence electrons. The number of carbonyl (C=O) groups is 1. The van der Waals surface area contributed by atoms with Crippen LogP contribution in [-0.2, 0) is 23.7 Å². The first-order valence-corrected chi connectivity index (χ1v) is 10.2. The SMILES string of the molecule is CC(C(=O)N(C)Cc1cc(C(F)(F)F)cc(C(F)(F)F)c1)=C(c1ccccc1)c1ccccc1. The van der Waals surface area contributed by atoms with Crippen LogP contribution in [0.3, 0.4) is 0 Å². The molecule has 2 nitrogen and oxygen atoms in total. The molecule has 0 radical (unpaired) electrons. The number of alkyl halides is 6. The summed E-state index contributed by atoms with van der Waals surface area (Å²) >= 11 is 0. The van der Waals surface area contributed by atoms with Crippen LogP contribution in [0.25, 0.3) is 5.57 Å². The lowest BCUT2D eigenvalue weighted by Crippen LogP contribution is -2.28. The average molecular weight is 477 g/mol. The van der Waals surface area contributed by atoms with E-state index < -0.39 is 35.9 Å². The van der Waals surface area contributed by atoms with Crippen molar-refractivity contribution in [3.8, 4) is 0 Å². The van der Waals surface area contributed by atoms with Gasteiger partial charge in [0.2, 0.25) is 5.91 Å². The number of nitrogens with zero attached hydrogens (tertiary/aromatic N) is 1. The molecule has 0 aliphatic heterocycles. The molecule has 3 aromatic rings. The quantitative estimate of drug-likeness (QED) is 0.281. The minimum Gasteiger partial charge on any atom is -0.338 e. The molecule has 3 aromatic carbocycles. The number of likely N-dealkylation sites (N-methyl/N-ethyl adjacent to an activating group) is 1. The summed E-state index contributed by atoms with van der Waals surface area (Å²) < 4.78 is 79.1. The lowest BCUT2D eigenvalue weighted by atomic mass is 9.93. The van der Waals surface area contributed by atoms with E-state index >= 15 is 0 Å². The summed E-state index contributed by atoms with van der Waals surface area (Å²) in [5.41, 5.74) is -0.662. The highest BCUT2D eigenvalue weighted by Gasteiger charge is 2.37. The van der Waals surface area contributed by atoms with Gasteiger partial charge in [-0.25, -0.2) is 0 Å². The lowest BCUT2D eigenvalue weighted by molar-refractivity contribution is -0.143. The van der Waals surface area contributed by atoms with Gasteiger partial charge >= 0.3 is 12.4 Å². The molecule has 3 rings (SSSR count). The van der Waals surface area contributed by atoms with Gasteiger partial charge < -0.3 is 4.90 Å². The Morgan fingerprint density at radius 2 is 1.15 bits per heavy atom. The summed E-state index contributed by atoms with van der Waals surface area (Å²) in [5.74, 6) is -0.520. The third kappa shape index (κ3) is 5.87. The Bertz CT molecular complexity index is 1110. The molecule has 8 heteroatoms. The van der Waals surface area contributed by atoms with Crippen LogP contribution in [0.1, 0.15) is 34.7 Å². The van der Waals surface area contributed by atoms with Gasteiger partial charge in [-0.2, -0.15) is 26.3 Å². The van der Waals surface area contributed by atoms with Crippen LogP contribution in [0.15, 0.2) is 84.4 Å². The van der Waals surface area contributed by atoms with Crippen LogP contribution >= 0.6 is 0 Å². The predicted molar refractivity (Wildman–Crippen MR) is 117 cm³/mol. The van der Waals surface area contributed by atoms with Gasteiger partial charge in [0.1, 0.15) is 0 Å². The van der Waals surface area contributed by atoms with Crippen LogP contribution in [0.4, 0.5) is 26.3 Å². The number of amides is 1. The van der Waals surface area contributed by atoms with Crippen molar-refractivity contribution in [3.63, 3.8) is 0 Å². The Hall–Kier alpha value is -3.55. The Morgan fingerprint density at radius 3 is 1.53 bits per heavy atom. The molecular weight excluding hydrogens is 456 g/mol. The van der Waals surface area contributed by atoms with Crippen molar-refractivity contribution in [2.24, 2.45) is 0 Å². The lowest BCUT2D eigenvalue weighted by Gasteiger charge is -2.22. The summed E-state index contributed by atoms with van der Waals surface area (Å²) in [5, 5.41) is 0. The Kier molecular flexibility index (Phi) is 7.19. The number of halogens is 6. The summed E-state index contributed by atoms with van der Waals surface area (Å²) in [4.78, 5) is 14.3. The molecular formula is C26H21F6NO. The van der Waals surface area contributed by atoms with Crippen LogP contribution < -0.4 is 0 Å². The predicted octanol–water partition coefficient (Wildman–Crippen LogP) is 7.20. The van der Waals surface area contributed by atoms with Crippen molar-refractivity contribution in [2.45, 2.75) is 25.8 Å². The zero-order valence-corrected chi connectivity index (χ0v) is 18.3. The summed E-state index contributed by atoms with van der Waals surface area (Å²) in [6.07, 6.45) is -9.91. The van der Waals surface area contributed by atoms with Gasteiger partial charge in [-0.05, 0) is 47.4 Å². The Labute approximate surface area is 193 Å². The molecule has 0 aromatic heterocycles. The van der Waals surface area contributed by atoms with Crippen molar-refractivity contribution in [1.29, 1.82) is 0 Å². The fourth-order valence-corrected chi connectivity index (χ4v) is 3.66. The fourth-order valence-electron chi connectivity index (χ4n) is 3.66. The highest BCUT2D eigenvalue weighted by atomic mass is 19.4. The van der Waals surface area contributed by atoms with Crippen LogP contribution in [0.5, 0.6) is 0 Å². The normalized spacial score (nSPS) is 11.8. The monoisotopic (exact) mass is 477 g/mol. The minimum atomic E-state index is -4.96. The van der Waals surface area contributed by atoms with E-state index in [0.29, 0.717) is 23.3 Å². The molecule has 0 spiro atoms. The summed E-state index contributed by atoms with van der Waals surface area (Å²) in [6, 6.07) is 19.5. The average Bonchev–Trinajstić information content (AvgIpc) is 2.78. The number of rotatable bonds is 5. The molecule has 0 fully saturated rings. The van der Waals surface area contributed by atoms with Gasteiger partial charge in [0.25, 0.3) is 0 Å². The van der Waals surface area contributed by atoms with E-state index in [9.17, 15) is 31.1 Å². The largest absolute Gasteiger partial charge is 0.416 e. The zero-order chi connectivity index (χ0) is 25.1. The van der Waals surface area contributed by atoms with Crippen LogP contribution in [0.2, 0.25) is 0 Å². The number of hydrogen-bond donors (Lipinski definition) is 0. The van der Waals surface area contributed by atoms with Crippen molar-refractivity contribution in [3.05, 3.63) is 112 Å². The highest BCUT2D eigenvalue weighted by molar-refractivity contribution is 6.04. The topological polar surface area (TPSA) is 20.3 Å². The second kappa shape index (κ2) is 9.75. The zero-order valence-electron chi connectivity index (χ0n) is 18.3. The summed E-state index contributed by atoms with van der Waals surface area (Å²) in [7, 11) is 1.34.